The molecule has 1 aromatic heterocycles. The van der Waals surface area contributed by atoms with Crippen LogP contribution in [0.1, 0.15) is 71.6 Å². The van der Waals surface area contributed by atoms with E-state index in [4.69, 9.17) is 0 Å². The summed E-state index contributed by atoms with van der Waals surface area (Å²) in [7, 11) is 0. The molecule has 1 aromatic carbocycles. The number of hydrogen-bond acceptors (Lipinski definition) is 8. The maximum absolute atomic E-state index is 13.8. The molecule has 2 aromatic rings. The molecule has 3 N–H and O–H groups in total. The molecule has 0 spiro atoms. The Kier molecular flexibility index (Phi) is 10.2. The van der Waals surface area contributed by atoms with Crippen molar-refractivity contribution in [1.82, 2.24) is 31.0 Å². The molecular formula is C30H40N6O5S2. The van der Waals surface area contributed by atoms with Crippen molar-refractivity contribution in [1.29, 1.82) is 0 Å². The van der Waals surface area contributed by atoms with Gasteiger partial charge >= 0.3 is 6.03 Å². The summed E-state index contributed by atoms with van der Waals surface area (Å²) in [5.74, 6) is -1.41. The smallest absolute Gasteiger partial charge is 0.315 e. The lowest BCUT2D eigenvalue weighted by molar-refractivity contribution is -0.176. The number of benzene rings is 1. The Morgan fingerprint density at radius 3 is 2.53 bits per heavy atom. The monoisotopic (exact) mass is 628 g/mol. The van der Waals surface area contributed by atoms with E-state index in [1.165, 1.54) is 33.1 Å². The van der Waals surface area contributed by atoms with Gasteiger partial charge in [-0.05, 0) is 50.2 Å². The van der Waals surface area contributed by atoms with Crippen LogP contribution in [0.5, 0.6) is 0 Å². The normalized spacial score (nSPS) is 22.2. The second kappa shape index (κ2) is 14.1. The number of carbonyl (C=O) groups excluding carboxylic acids is 5. The molecule has 43 heavy (non-hydrogen) atoms. The first-order chi connectivity index (χ1) is 20.7. The number of carbonyl (C=O) groups is 5. The number of hydrogen-bond donors (Lipinski definition) is 3. The standard InChI is InChI=1S/C30H40N6O5S2/c1-18(2)26(23(37)17-42-30-33-20-11-6-7-13-24(20)43-30)34-27(39)22-12-8-16-35-25(38)15-14-21(28(40)36(22)35)32-29(41)31-19-9-4-3-5-10-19/h6-7,11,13,18-19,21-22,26H,3-5,8-10,12,14-17H2,1-2H3,(H,34,39)(H2,31,32,41)/t21?,22-,26-/m0/s1. The van der Waals surface area contributed by atoms with Crippen molar-refractivity contribution < 1.29 is 24.0 Å². The lowest BCUT2D eigenvalue weighted by Gasteiger charge is -2.43. The van der Waals surface area contributed by atoms with E-state index in [9.17, 15) is 24.0 Å². The van der Waals surface area contributed by atoms with E-state index in [0.29, 0.717) is 19.4 Å². The summed E-state index contributed by atoms with van der Waals surface area (Å²) < 4.78 is 1.83. The molecule has 1 unspecified atom stereocenters. The molecule has 2 saturated heterocycles. The fraction of sp³-hybridized carbons (Fsp3) is 0.600. The third kappa shape index (κ3) is 7.49. The molecule has 0 bridgehead atoms. The molecule has 5 rings (SSSR count). The van der Waals surface area contributed by atoms with Crippen LogP contribution in [0.15, 0.2) is 28.6 Å². The fourth-order valence-electron chi connectivity index (χ4n) is 6.04. The number of amides is 5. The summed E-state index contributed by atoms with van der Waals surface area (Å²) in [5, 5.41) is 11.2. The zero-order valence-electron chi connectivity index (χ0n) is 24.7. The topological polar surface area (TPSA) is 141 Å². The molecule has 1 saturated carbocycles. The van der Waals surface area contributed by atoms with Gasteiger partial charge in [0.25, 0.3) is 5.91 Å². The first-order valence-corrected chi connectivity index (χ1v) is 17.0. The van der Waals surface area contributed by atoms with E-state index in [-0.39, 0.29) is 42.2 Å². The van der Waals surface area contributed by atoms with Gasteiger partial charge in [-0.3, -0.25) is 24.2 Å². The summed E-state index contributed by atoms with van der Waals surface area (Å²) in [6.07, 6.45) is 6.22. The summed E-state index contributed by atoms with van der Waals surface area (Å²) in [6, 6.07) is 4.77. The fourth-order valence-corrected chi connectivity index (χ4v) is 8.03. The minimum Gasteiger partial charge on any atom is -0.344 e. The first kappa shape index (κ1) is 31.2. The Morgan fingerprint density at radius 1 is 1.02 bits per heavy atom. The predicted molar refractivity (Wildman–Crippen MR) is 165 cm³/mol. The average molecular weight is 629 g/mol. The van der Waals surface area contributed by atoms with Gasteiger partial charge in [-0.2, -0.15) is 0 Å². The Balaban J connectivity index is 1.24. The number of rotatable bonds is 9. The van der Waals surface area contributed by atoms with Crippen molar-refractivity contribution in [3.05, 3.63) is 24.3 Å². The lowest BCUT2D eigenvalue weighted by atomic mass is 9.96. The number of nitrogens with one attached hydrogen (secondary N) is 3. The molecular weight excluding hydrogens is 589 g/mol. The second-order valence-electron chi connectivity index (χ2n) is 11.8. The van der Waals surface area contributed by atoms with Gasteiger partial charge in [0, 0.05) is 19.0 Å². The molecule has 5 amide bonds. The number of fused-ring (bicyclic) bond motifs is 2. The average Bonchev–Trinajstić information content (AvgIpc) is 3.38. The van der Waals surface area contributed by atoms with E-state index >= 15 is 0 Å². The molecule has 11 nitrogen and oxygen atoms in total. The summed E-state index contributed by atoms with van der Waals surface area (Å²) in [5.41, 5.74) is 0.883. The third-order valence-electron chi connectivity index (χ3n) is 8.33. The van der Waals surface area contributed by atoms with Crippen LogP contribution in [-0.2, 0) is 19.2 Å². The Hall–Kier alpha value is -3.19. The Labute approximate surface area is 259 Å². The van der Waals surface area contributed by atoms with Crippen molar-refractivity contribution in [2.75, 3.05) is 12.3 Å². The number of hydrazine groups is 1. The van der Waals surface area contributed by atoms with E-state index in [0.717, 1.165) is 46.7 Å². The number of nitrogens with zero attached hydrogens (tertiary/aromatic N) is 3. The molecule has 0 radical (unpaired) electrons. The lowest BCUT2D eigenvalue weighted by Crippen LogP contribution is -2.65. The van der Waals surface area contributed by atoms with E-state index in [2.05, 4.69) is 20.9 Å². The largest absolute Gasteiger partial charge is 0.344 e. The second-order valence-corrected chi connectivity index (χ2v) is 14.1. The van der Waals surface area contributed by atoms with Gasteiger partial charge in [-0.25, -0.2) is 14.8 Å². The van der Waals surface area contributed by atoms with Crippen molar-refractivity contribution in [3.63, 3.8) is 0 Å². The van der Waals surface area contributed by atoms with Crippen molar-refractivity contribution in [3.8, 4) is 0 Å². The molecule has 232 valence electrons. The molecule has 3 fully saturated rings. The van der Waals surface area contributed by atoms with Crippen LogP contribution < -0.4 is 16.0 Å². The van der Waals surface area contributed by atoms with E-state index < -0.39 is 36.0 Å². The quantitative estimate of drug-likeness (QED) is 0.360. The van der Waals surface area contributed by atoms with Crippen LogP contribution in [0.3, 0.4) is 0 Å². The molecule has 1 aliphatic carbocycles. The van der Waals surface area contributed by atoms with Crippen LogP contribution in [0.2, 0.25) is 0 Å². The van der Waals surface area contributed by atoms with Crippen LogP contribution in [0, 0.1) is 5.92 Å². The van der Waals surface area contributed by atoms with Crippen molar-refractivity contribution in [2.45, 2.75) is 100 Å². The summed E-state index contributed by atoms with van der Waals surface area (Å²) in [6.45, 7) is 4.05. The van der Waals surface area contributed by atoms with Gasteiger partial charge in [0.15, 0.2) is 10.1 Å². The number of urea groups is 1. The van der Waals surface area contributed by atoms with Gasteiger partial charge < -0.3 is 16.0 Å². The highest BCUT2D eigenvalue weighted by molar-refractivity contribution is 8.01. The number of Topliss-reactive ketones (excluding diaryl/α,β-unsaturated/α-hetero) is 1. The van der Waals surface area contributed by atoms with E-state index in [1.54, 1.807) is 0 Å². The summed E-state index contributed by atoms with van der Waals surface area (Å²) >= 11 is 2.87. The highest BCUT2D eigenvalue weighted by Gasteiger charge is 2.45. The third-order valence-corrected chi connectivity index (χ3v) is 10.5. The molecule has 3 heterocycles. The minimum atomic E-state index is -0.958. The van der Waals surface area contributed by atoms with Crippen LogP contribution in [0.25, 0.3) is 10.2 Å². The zero-order valence-corrected chi connectivity index (χ0v) is 26.3. The van der Waals surface area contributed by atoms with Crippen LogP contribution >= 0.6 is 23.1 Å². The summed E-state index contributed by atoms with van der Waals surface area (Å²) in [4.78, 5) is 71.2. The van der Waals surface area contributed by atoms with Gasteiger partial charge in [0.1, 0.15) is 12.1 Å². The first-order valence-electron chi connectivity index (χ1n) is 15.2. The Morgan fingerprint density at radius 2 is 1.79 bits per heavy atom. The van der Waals surface area contributed by atoms with Gasteiger partial charge in [0.2, 0.25) is 11.8 Å². The number of thioether (sulfide) groups is 1. The van der Waals surface area contributed by atoms with Gasteiger partial charge in [-0.1, -0.05) is 57.0 Å². The maximum atomic E-state index is 13.8. The zero-order chi connectivity index (χ0) is 30.5. The van der Waals surface area contributed by atoms with Crippen LogP contribution in [-0.4, -0.2) is 81.0 Å². The SMILES string of the molecule is CC(C)[C@H](NC(=O)[C@@H]1CCCN2C(=O)CCC(NC(=O)NC3CCCCC3)C(=O)N12)C(=O)CSc1nc2ccccc2s1. The molecule has 13 heteroatoms. The van der Waals surface area contributed by atoms with E-state index in [1.807, 2.05) is 38.1 Å². The number of para-hydroxylation sites is 1. The maximum Gasteiger partial charge on any atom is 0.315 e. The number of thiazole rings is 1. The van der Waals surface area contributed by atoms with Crippen LogP contribution in [0.4, 0.5) is 4.79 Å². The Bertz CT molecular complexity index is 1330. The number of aromatic nitrogens is 1. The predicted octanol–water partition coefficient (Wildman–Crippen LogP) is 3.63. The van der Waals surface area contributed by atoms with Gasteiger partial charge in [0.05, 0.1) is 22.0 Å². The van der Waals surface area contributed by atoms with Crippen molar-refractivity contribution in [2.24, 2.45) is 5.92 Å². The molecule has 3 atom stereocenters. The highest BCUT2D eigenvalue weighted by atomic mass is 32.2. The number of ketones is 1. The highest BCUT2D eigenvalue weighted by Crippen LogP contribution is 2.30. The molecule has 3 aliphatic rings. The van der Waals surface area contributed by atoms with Crippen molar-refractivity contribution >= 4 is 62.9 Å². The molecule has 2 aliphatic heterocycles. The van der Waals surface area contributed by atoms with Gasteiger partial charge in [-0.15, -0.1) is 11.3 Å². The minimum absolute atomic E-state index is 0.0691.